The van der Waals surface area contributed by atoms with Crippen LogP contribution in [-0.2, 0) is 14.4 Å². The summed E-state index contributed by atoms with van der Waals surface area (Å²) in [6, 6.07) is -1.12. The van der Waals surface area contributed by atoms with Crippen molar-refractivity contribution < 1.29 is 54.2 Å². The van der Waals surface area contributed by atoms with Gasteiger partial charge in [-0.1, -0.05) is 70.4 Å². The van der Waals surface area contributed by atoms with E-state index in [-0.39, 0.29) is 54.7 Å². The molecule has 0 aromatic rings. The number of carbonyl (C=O) groups is 3. The Morgan fingerprint density at radius 3 is 1.77 bits per heavy atom. The summed E-state index contributed by atoms with van der Waals surface area (Å²) in [6.07, 6.45) is 19.9. The van der Waals surface area contributed by atoms with E-state index in [2.05, 4.69) is 24.4 Å². The summed E-state index contributed by atoms with van der Waals surface area (Å²) < 4.78 is 0. The van der Waals surface area contributed by atoms with Crippen LogP contribution < -0.4 is 34.9 Å². The van der Waals surface area contributed by atoms with E-state index >= 15 is 0 Å². The van der Waals surface area contributed by atoms with Gasteiger partial charge in [0, 0.05) is 12.8 Å². The van der Waals surface area contributed by atoms with Crippen molar-refractivity contribution in [3.8, 4) is 0 Å². The average Bonchev–Trinajstić information content (AvgIpc) is 2.67. The Kier molecular flexibility index (Phi) is 23.8. The van der Waals surface area contributed by atoms with Crippen molar-refractivity contribution in [1.82, 2.24) is 5.32 Å². The van der Waals surface area contributed by atoms with Crippen molar-refractivity contribution in [1.29, 1.82) is 0 Å². The van der Waals surface area contributed by atoms with Crippen LogP contribution in [0.25, 0.3) is 0 Å². The molecule has 0 aromatic heterocycles. The standard InChI is InChI=1S/C23H41NO5.Na/c1-2-3-4-5-6-7-8-9-10-11-12-13-14-15-16-17-21(25)24-20(23(28)29)18-19-22(26)27;/h9-10,20H,2-8,11-19H2,1H3,(H,24,25)(H,26,27)(H,28,29);/q;+1/b10-9+;. The number of amides is 1. The second-order valence-electron chi connectivity index (χ2n) is 7.73. The third-order valence-electron chi connectivity index (χ3n) is 4.95. The smallest absolute Gasteiger partial charge is 0.481 e. The Bertz CT molecular complexity index is 482. The molecule has 0 aliphatic rings. The van der Waals surface area contributed by atoms with Crippen LogP contribution in [0.5, 0.6) is 0 Å². The van der Waals surface area contributed by atoms with Crippen LogP contribution in [0.1, 0.15) is 110 Å². The van der Waals surface area contributed by atoms with Gasteiger partial charge < -0.3 is 15.5 Å². The summed E-state index contributed by atoms with van der Waals surface area (Å²) >= 11 is 0. The van der Waals surface area contributed by atoms with Crippen LogP contribution in [0, 0.1) is 0 Å². The Labute approximate surface area is 204 Å². The molecule has 0 aromatic carbocycles. The molecule has 0 radical (unpaired) electrons. The van der Waals surface area contributed by atoms with Crippen LogP contribution in [-0.4, -0.2) is 34.1 Å². The minimum atomic E-state index is -1.19. The van der Waals surface area contributed by atoms with Gasteiger partial charge in [-0.05, 0) is 38.5 Å². The van der Waals surface area contributed by atoms with Gasteiger partial charge in [0.2, 0.25) is 5.91 Å². The van der Waals surface area contributed by atoms with E-state index in [9.17, 15) is 14.4 Å². The van der Waals surface area contributed by atoms with Crippen LogP contribution in [0.2, 0.25) is 0 Å². The summed E-state index contributed by atoms with van der Waals surface area (Å²) in [5, 5.41) is 20.1. The van der Waals surface area contributed by atoms with E-state index in [0.29, 0.717) is 0 Å². The van der Waals surface area contributed by atoms with Gasteiger partial charge in [-0.25, -0.2) is 4.79 Å². The number of hydrogen-bond donors (Lipinski definition) is 3. The largest absolute Gasteiger partial charge is 1.00 e. The normalized spacial score (nSPS) is 11.8. The van der Waals surface area contributed by atoms with Crippen LogP contribution in [0.4, 0.5) is 0 Å². The van der Waals surface area contributed by atoms with Crippen molar-refractivity contribution in [3.05, 3.63) is 12.2 Å². The zero-order valence-electron chi connectivity index (χ0n) is 19.2. The van der Waals surface area contributed by atoms with E-state index < -0.39 is 18.0 Å². The van der Waals surface area contributed by atoms with Gasteiger partial charge in [-0.15, -0.1) is 0 Å². The molecule has 0 saturated carbocycles. The molecule has 1 amide bonds. The molecule has 6 nitrogen and oxygen atoms in total. The fourth-order valence-corrected chi connectivity index (χ4v) is 3.15. The van der Waals surface area contributed by atoms with Gasteiger partial charge in [-0.2, -0.15) is 0 Å². The summed E-state index contributed by atoms with van der Waals surface area (Å²) in [6.45, 7) is 2.24. The maximum absolute atomic E-state index is 11.8. The number of aliphatic carboxylic acids is 2. The van der Waals surface area contributed by atoms with E-state index in [1.807, 2.05) is 0 Å². The number of carboxylic acids is 2. The summed E-state index contributed by atoms with van der Waals surface area (Å²) in [7, 11) is 0. The number of rotatable bonds is 20. The molecule has 1 unspecified atom stereocenters. The average molecular weight is 435 g/mol. The molecule has 3 N–H and O–H groups in total. The first-order valence-electron chi connectivity index (χ1n) is 11.4. The van der Waals surface area contributed by atoms with Crippen molar-refractivity contribution in [3.63, 3.8) is 0 Å². The maximum atomic E-state index is 11.8. The fraction of sp³-hybridized carbons (Fsp3) is 0.783. The molecule has 0 heterocycles. The molecule has 0 spiro atoms. The predicted octanol–water partition coefficient (Wildman–Crippen LogP) is 2.46. The molecular formula is C23H41NNaO5+. The minimum absolute atomic E-state index is 0. The number of carboxylic acid groups (broad SMARTS) is 2. The monoisotopic (exact) mass is 434 g/mol. The quantitative estimate of drug-likeness (QED) is 0.155. The third kappa shape index (κ3) is 21.8. The summed E-state index contributed by atoms with van der Waals surface area (Å²) in [4.78, 5) is 33.4. The van der Waals surface area contributed by atoms with E-state index in [0.717, 1.165) is 38.5 Å². The molecule has 0 fully saturated rings. The van der Waals surface area contributed by atoms with Gasteiger partial charge in [0.25, 0.3) is 0 Å². The second-order valence-corrected chi connectivity index (χ2v) is 7.73. The van der Waals surface area contributed by atoms with E-state index in [1.165, 1.54) is 44.9 Å². The Morgan fingerprint density at radius 2 is 1.27 bits per heavy atom. The molecule has 0 aliphatic heterocycles. The topological polar surface area (TPSA) is 104 Å². The van der Waals surface area contributed by atoms with Gasteiger partial charge in [-0.3, -0.25) is 9.59 Å². The number of carbonyl (C=O) groups excluding carboxylic acids is 1. The van der Waals surface area contributed by atoms with Gasteiger partial charge in [0.1, 0.15) is 6.04 Å². The van der Waals surface area contributed by atoms with E-state index in [4.69, 9.17) is 10.2 Å². The first-order chi connectivity index (χ1) is 14.0. The molecule has 7 heteroatoms. The van der Waals surface area contributed by atoms with Gasteiger partial charge in [0.05, 0.1) is 0 Å². The molecular weight excluding hydrogens is 393 g/mol. The Balaban J connectivity index is 0. The van der Waals surface area contributed by atoms with E-state index in [1.54, 1.807) is 0 Å². The zero-order chi connectivity index (χ0) is 21.7. The Hall–Kier alpha value is -0.850. The molecule has 30 heavy (non-hydrogen) atoms. The zero-order valence-corrected chi connectivity index (χ0v) is 21.2. The Morgan fingerprint density at radius 1 is 0.767 bits per heavy atom. The van der Waals surface area contributed by atoms with Crippen molar-refractivity contribution in [2.45, 2.75) is 116 Å². The molecule has 0 aliphatic carbocycles. The number of hydrogen-bond acceptors (Lipinski definition) is 3. The minimum Gasteiger partial charge on any atom is -0.481 e. The third-order valence-corrected chi connectivity index (χ3v) is 4.95. The van der Waals surface area contributed by atoms with Crippen molar-refractivity contribution in [2.75, 3.05) is 0 Å². The molecule has 0 rings (SSSR count). The fourth-order valence-electron chi connectivity index (χ4n) is 3.15. The first kappa shape index (κ1) is 31.3. The van der Waals surface area contributed by atoms with Crippen LogP contribution in [0.3, 0.4) is 0 Å². The SMILES string of the molecule is CCCCCCCC/C=C/CCCCCCCC(=O)NC(CCC(=O)O)C(=O)O.[Na+]. The summed E-state index contributed by atoms with van der Waals surface area (Å²) in [5.74, 6) is -2.58. The van der Waals surface area contributed by atoms with Gasteiger partial charge in [0.15, 0.2) is 0 Å². The van der Waals surface area contributed by atoms with Crippen molar-refractivity contribution in [2.24, 2.45) is 0 Å². The molecule has 168 valence electrons. The summed E-state index contributed by atoms with van der Waals surface area (Å²) in [5.41, 5.74) is 0. The van der Waals surface area contributed by atoms with Gasteiger partial charge >= 0.3 is 41.5 Å². The number of unbranched alkanes of at least 4 members (excludes halogenated alkanes) is 11. The molecule has 1 atom stereocenters. The maximum Gasteiger partial charge on any atom is 1.00 e. The first-order valence-corrected chi connectivity index (χ1v) is 11.4. The number of allylic oxidation sites excluding steroid dienone is 2. The van der Waals surface area contributed by atoms with Crippen molar-refractivity contribution >= 4 is 17.8 Å². The molecule has 0 saturated heterocycles. The number of nitrogens with one attached hydrogen (secondary N) is 1. The van der Waals surface area contributed by atoms with Crippen LogP contribution in [0.15, 0.2) is 12.2 Å². The molecule has 0 bridgehead atoms. The van der Waals surface area contributed by atoms with Crippen LogP contribution >= 0.6 is 0 Å². The predicted molar refractivity (Wildman–Crippen MR) is 116 cm³/mol. The second kappa shape index (κ2) is 22.8.